The Bertz CT molecular complexity index is 1030. The van der Waals surface area contributed by atoms with Crippen molar-refractivity contribution in [2.24, 2.45) is 0 Å². The number of hydrogen-bond donors (Lipinski definition) is 1. The Morgan fingerprint density at radius 1 is 1.21 bits per heavy atom. The van der Waals surface area contributed by atoms with Crippen molar-refractivity contribution >= 4 is 29.3 Å². The molecule has 142 valence electrons. The van der Waals surface area contributed by atoms with Crippen LogP contribution in [0.15, 0.2) is 57.9 Å². The van der Waals surface area contributed by atoms with Gasteiger partial charge < -0.3 is 14.6 Å². The Hall–Kier alpha value is -3.13. The molecule has 2 heterocycles. The molecule has 1 aromatic heterocycles. The first kappa shape index (κ1) is 18.2. The molecule has 1 atom stereocenters. The zero-order valence-electron chi connectivity index (χ0n) is 15.0. The van der Waals surface area contributed by atoms with E-state index in [-0.39, 0.29) is 24.8 Å². The van der Waals surface area contributed by atoms with E-state index < -0.39 is 11.2 Å². The Labute approximate surface area is 165 Å². The van der Waals surface area contributed by atoms with Crippen LogP contribution in [-0.4, -0.2) is 27.3 Å². The molecule has 0 radical (unpaired) electrons. The minimum Gasteiger partial charge on any atom is -0.456 e. The second-order valence-corrected chi connectivity index (χ2v) is 7.53. The maximum Gasteiger partial charge on any atom is 0.307 e. The number of aromatic nitrogens is 2. The van der Waals surface area contributed by atoms with Crippen LogP contribution in [0.2, 0.25) is 0 Å². The fourth-order valence-electron chi connectivity index (χ4n) is 2.83. The Balaban J connectivity index is 1.34. The van der Waals surface area contributed by atoms with E-state index in [1.807, 2.05) is 55.5 Å². The first-order valence-corrected chi connectivity index (χ1v) is 9.59. The minimum absolute atomic E-state index is 0.0381. The van der Waals surface area contributed by atoms with Crippen molar-refractivity contribution in [2.45, 2.75) is 30.1 Å². The van der Waals surface area contributed by atoms with Crippen LogP contribution in [0, 0.1) is 6.92 Å². The van der Waals surface area contributed by atoms with Crippen LogP contribution in [0.4, 0.5) is 5.69 Å². The number of rotatable bonds is 5. The Morgan fingerprint density at radius 2 is 2.00 bits per heavy atom. The quantitative estimate of drug-likeness (QED) is 0.660. The summed E-state index contributed by atoms with van der Waals surface area (Å²) in [5, 5.41) is 6.21. The number of benzene rings is 2. The van der Waals surface area contributed by atoms with Gasteiger partial charge in [0.25, 0.3) is 5.89 Å². The standard InChI is InChI=1S/C20H17N3O4S/c1-12-6-2-3-7-13(12)19-22-17(27-23-19)11-26-18(24)10-16-20(25)21-14-8-4-5-9-15(14)28-16/h2-9,16H,10-11H2,1H3,(H,21,25). The minimum atomic E-state index is -0.535. The van der Waals surface area contributed by atoms with Gasteiger partial charge in [-0.25, -0.2) is 0 Å². The number of carbonyl (C=O) groups excluding carboxylic acids is 2. The third-order valence-corrected chi connectivity index (χ3v) is 5.54. The molecule has 0 aliphatic carbocycles. The van der Waals surface area contributed by atoms with Gasteiger partial charge in [0.15, 0.2) is 6.61 Å². The van der Waals surface area contributed by atoms with E-state index in [1.54, 1.807) is 0 Å². The summed E-state index contributed by atoms with van der Waals surface area (Å²) in [4.78, 5) is 29.5. The molecule has 1 unspecified atom stereocenters. The summed E-state index contributed by atoms with van der Waals surface area (Å²) in [6.45, 7) is 1.82. The first-order valence-electron chi connectivity index (χ1n) is 8.71. The van der Waals surface area contributed by atoms with Gasteiger partial charge in [-0.3, -0.25) is 9.59 Å². The van der Waals surface area contributed by atoms with E-state index in [9.17, 15) is 9.59 Å². The van der Waals surface area contributed by atoms with Crippen molar-refractivity contribution in [1.29, 1.82) is 0 Å². The highest BCUT2D eigenvalue weighted by Gasteiger charge is 2.29. The molecule has 8 heteroatoms. The van der Waals surface area contributed by atoms with Crippen molar-refractivity contribution < 1.29 is 18.8 Å². The van der Waals surface area contributed by atoms with Crippen LogP contribution in [0.3, 0.4) is 0 Å². The predicted molar refractivity (Wildman–Crippen MR) is 104 cm³/mol. The summed E-state index contributed by atoms with van der Waals surface area (Å²) in [7, 11) is 0. The molecule has 3 aromatic rings. The predicted octanol–water partition coefficient (Wildman–Crippen LogP) is 3.59. The van der Waals surface area contributed by atoms with E-state index >= 15 is 0 Å². The Kier molecular flexibility index (Phi) is 5.12. The van der Waals surface area contributed by atoms with Crippen LogP contribution in [0.5, 0.6) is 0 Å². The molecule has 1 N–H and O–H groups in total. The normalized spacial score (nSPS) is 15.6. The van der Waals surface area contributed by atoms with Crippen LogP contribution in [-0.2, 0) is 20.9 Å². The summed E-state index contributed by atoms with van der Waals surface area (Å²) in [6, 6.07) is 15.1. The number of para-hydroxylation sites is 1. The third kappa shape index (κ3) is 3.91. The van der Waals surface area contributed by atoms with Gasteiger partial charge in [0.1, 0.15) is 0 Å². The third-order valence-electron chi connectivity index (χ3n) is 4.27. The zero-order valence-corrected chi connectivity index (χ0v) is 15.9. The molecule has 28 heavy (non-hydrogen) atoms. The number of amides is 1. The first-order chi connectivity index (χ1) is 13.6. The lowest BCUT2D eigenvalue weighted by molar-refractivity contribution is -0.146. The molecule has 2 aromatic carbocycles. The monoisotopic (exact) mass is 395 g/mol. The number of hydrogen-bond acceptors (Lipinski definition) is 7. The summed E-state index contributed by atoms with van der Waals surface area (Å²) >= 11 is 1.35. The van der Waals surface area contributed by atoms with E-state index in [0.717, 1.165) is 21.7 Å². The van der Waals surface area contributed by atoms with Crippen LogP contribution in [0.25, 0.3) is 11.4 Å². The molecule has 7 nitrogen and oxygen atoms in total. The fraction of sp³-hybridized carbons (Fsp3) is 0.200. The number of fused-ring (bicyclic) bond motifs is 1. The van der Waals surface area contributed by atoms with Gasteiger partial charge >= 0.3 is 5.97 Å². The lowest BCUT2D eigenvalue weighted by atomic mass is 10.1. The van der Waals surface area contributed by atoms with Gasteiger partial charge in [0.05, 0.1) is 17.4 Å². The number of aryl methyl sites for hydroxylation is 1. The molecule has 1 aliphatic heterocycles. The van der Waals surface area contributed by atoms with E-state index in [0.29, 0.717) is 5.82 Å². The topological polar surface area (TPSA) is 94.3 Å². The number of esters is 1. The summed E-state index contributed by atoms with van der Waals surface area (Å²) in [5.41, 5.74) is 2.64. The molecule has 1 amide bonds. The number of nitrogens with one attached hydrogen (secondary N) is 1. The SMILES string of the molecule is Cc1ccccc1-c1noc(COC(=O)CC2Sc3ccccc3NC2=O)n1. The number of carbonyl (C=O) groups is 2. The molecule has 0 bridgehead atoms. The van der Waals surface area contributed by atoms with Crippen LogP contribution in [0.1, 0.15) is 17.9 Å². The highest BCUT2D eigenvalue weighted by Crippen LogP contribution is 2.36. The lowest BCUT2D eigenvalue weighted by Gasteiger charge is -2.23. The average Bonchev–Trinajstić information content (AvgIpc) is 3.16. The molecular formula is C20H17N3O4S. The van der Waals surface area contributed by atoms with Crippen molar-refractivity contribution in [3.8, 4) is 11.4 Å². The van der Waals surface area contributed by atoms with Crippen molar-refractivity contribution in [1.82, 2.24) is 10.1 Å². The highest BCUT2D eigenvalue weighted by molar-refractivity contribution is 8.01. The second-order valence-electron chi connectivity index (χ2n) is 6.28. The van der Waals surface area contributed by atoms with Crippen molar-refractivity contribution in [3.05, 3.63) is 60.0 Å². The van der Waals surface area contributed by atoms with Gasteiger partial charge in [0.2, 0.25) is 11.7 Å². The van der Waals surface area contributed by atoms with Gasteiger partial charge in [-0.2, -0.15) is 4.98 Å². The van der Waals surface area contributed by atoms with E-state index in [1.165, 1.54) is 11.8 Å². The number of ether oxygens (including phenoxy) is 1. The average molecular weight is 395 g/mol. The molecule has 0 saturated heterocycles. The maximum atomic E-state index is 12.2. The Morgan fingerprint density at radius 3 is 2.86 bits per heavy atom. The molecule has 1 aliphatic rings. The molecule has 0 fully saturated rings. The molecule has 0 spiro atoms. The van der Waals surface area contributed by atoms with E-state index in [4.69, 9.17) is 9.26 Å². The number of nitrogens with zero attached hydrogens (tertiary/aromatic N) is 2. The summed E-state index contributed by atoms with van der Waals surface area (Å²) < 4.78 is 10.4. The summed E-state index contributed by atoms with van der Waals surface area (Å²) in [6.07, 6.45) is -0.0381. The smallest absolute Gasteiger partial charge is 0.307 e. The lowest BCUT2D eigenvalue weighted by Crippen LogP contribution is -2.31. The van der Waals surface area contributed by atoms with Gasteiger partial charge in [-0.1, -0.05) is 41.6 Å². The van der Waals surface area contributed by atoms with Crippen LogP contribution < -0.4 is 5.32 Å². The van der Waals surface area contributed by atoms with Gasteiger partial charge in [-0.15, -0.1) is 11.8 Å². The number of thioether (sulfide) groups is 1. The second kappa shape index (κ2) is 7.85. The van der Waals surface area contributed by atoms with Crippen LogP contribution >= 0.6 is 11.8 Å². The fourth-order valence-corrected chi connectivity index (χ4v) is 3.92. The van der Waals surface area contributed by atoms with E-state index in [2.05, 4.69) is 15.5 Å². The molecular weight excluding hydrogens is 378 g/mol. The maximum absolute atomic E-state index is 12.2. The highest BCUT2D eigenvalue weighted by atomic mass is 32.2. The van der Waals surface area contributed by atoms with Crippen molar-refractivity contribution in [3.63, 3.8) is 0 Å². The molecule has 0 saturated carbocycles. The van der Waals surface area contributed by atoms with Gasteiger partial charge in [0, 0.05) is 10.5 Å². The van der Waals surface area contributed by atoms with Crippen molar-refractivity contribution in [2.75, 3.05) is 5.32 Å². The largest absolute Gasteiger partial charge is 0.456 e. The zero-order chi connectivity index (χ0) is 19.5. The summed E-state index contributed by atoms with van der Waals surface area (Å²) in [5.74, 6) is -0.0522. The number of anilines is 1. The molecule has 4 rings (SSSR count). The van der Waals surface area contributed by atoms with Gasteiger partial charge in [-0.05, 0) is 24.6 Å².